The van der Waals surface area contributed by atoms with Crippen molar-refractivity contribution in [2.24, 2.45) is 0 Å². The number of likely N-dealkylation sites (tertiary alicyclic amines) is 1. The van der Waals surface area contributed by atoms with Gasteiger partial charge in [0.05, 0.1) is 18.7 Å². The van der Waals surface area contributed by atoms with E-state index in [0.29, 0.717) is 13.0 Å². The molecular weight excluding hydrogens is 350 g/mol. The van der Waals surface area contributed by atoms with Crippen LogP contribution in [-0.2, 0) is 23.7 Å². The Kier molecular flexibility index (Phi) is 5.13. The summed E-state index contributed by atoms with van der Waals surface area (Å²) in [7, 11) is 0. The monoisotopic (exact) mass is 383 g/mol. The molecule has 3 fully saturated rings. The van der Waals surface area contributed by atoms with Gasteiger partial charge in [0.2, 0.25) is 0 Å². The summed E-state index contributed by atoms with van der Waals surface area (Å²) in [5.41, 5.74) is -0.606. The number of carbonyl (C=O) groups is 1. The number of nitrogens with zero attached hydrogens (tertiary/aromatic N) is 1. The Morgan fingerprint density at radius 3 is 2.30 bits per heavy atom. The van der Waals surface area contributed by atoms with Crippen molar-refractivity contribution in [1.29, 1.82) is 0 Å². The van der Waals surface area contributed by atoms with Crippen molar-refractivity contribution in [3.05, 3.63) is 12.7 Å². The van der Waals surface area contributed by atoms with Crippen molar-refractivity contribution in [3.63, 3.8) is 0 Å². The molecule has 3 heterocycles. The van der Waals surface area contributed by atoms with Crippen LogP contribution in [0, 0.1) is 0 Å². The van der Waals surface area contributed by atoms with Gasteiger partial charge in [0.1, 0.15) is 23.9 Å². The van der Waals surface area contributed by atoms with Crippen molar-refractivity contribution < 1.29 is 28.5 Å². The maximum Gasteiger partial charge on any atom is 0.411 e. The lowest BCUT2D eigenvalue weighted by Crippen LogP contribution is -2.53. The van der Waals surface area contributed by atoms with Crippen molar-refractivity contribution >= 4 is 6.09 Å². The standard InChI is InChI=1S/C20H33NO6/c1-9-10-12-15-16(26-20(7,8)25-15)14(13-11-23-19(5,6)24-13)21(12)17(22)27-18(2,3)4/h9,12-16H,1,10-11H2,2-8H3/t12-,13-,14+,15-,16+/m1/s1. The van der Waals surface area contributed by atoms with E-state index in [1.54, 1.807) is 11.0 Å². The fourth-order valence-electron chi connectivity index (χ4n) is 4.18. The molecule has 154 valence electrons. The predicted molar refractivity (Wildman–Crippen MR) is 99.2 cm³/mol. The van der Waals surface area contributed by atoms with Gasteiger partial charge in [-0.3, -0.25) is 4.90 Å². The minimum Gasteiger partial charge on any atom is -0.444 e. The fraction of sp³-hybridized carbons (Fsp3) is 0.850. The molecule has 0 unspecified atom stereocenters. The highest BCUT2D eigenvalue weighted by atomic mass is 16.8. The van der Waals surface area contributed by atoms with Crippen molar-refractivity contribution in [2.75, 3.05) is 6.61 Å². The van der Waals surface area contributed by atoms with Crippen LogP contribution in [0.25, 0.3) is 0 Å². The van der Waals surface area contributed by atoms with E-state index in [1.165, 1.54) is 0 Å². The molecule has 0 bridgehead atoms. The third-order valence-electron chi connectivity index (χ3n) is 4.98. The third kappa shape index (κ3) is 4.16. The maximum atomic E-state index is 13.1. The Morgan fingerprint density at radius 1 is 1.15 bits per heavy atom. The van der Waals surface area contributed by atoms with Gasteiger partial charge in [0, 0.05) is 0 Å². The first-order valence-corrected chi connectivity index (χ1v) is 9.63. The molecule has 7 nitrogen and oxygen atoms in total. The molecule has 0 aromatic heterocycles. The minimum atomic E-state index is -0.720. The SMILES string of the molecule is C=CC[C@@H]1[C@H]2OC(C)(C)O[C@H]2[C@H]([C@H]2COC(C)(C)O2)N1C(=O)OC(C)(C)C. The molecule has 0 aromatic carbocycles. The van der Waals surface area contributed by atoms with Crippen LogP contribution in [0.2, 0.25) is 0 Å². The number of carbonyl (C=O) groups excluding carboxylic acids is 1. The molecule has 0 aliphatic carbocycles. The van der Waals surface area contributed by atoms with Crippen LogP contribution in [0.15, 0.2) is 12.7 Å². The summed E-state index contributed by atoms with van der Waals surface area (Å²) < 4.78 is 30.0. The smallest absolute Gasteiger partial charge is 0.411 e. The summed E-state index contributed by atoms with van der Waals surface area (Å²) in [5, 5.41) is 0. The number of amides is 1. The Hall–Kier alpha value is -1.15. The summed E-state index contributed by atoms with van der Waals surface area (Å²) in [5.74, 6) is -1.42. The van der Waals surface area contributed by atoms with Gasteiger partial charge in [-0.05, 0) is 54.9 Å². The first-order chi connectivity index (χ1) is 12.3. The highest BCUT2D eigenvalue weighted by molar-refractivity contribution is 5.70. The largest absolute Gasteiger partial charge is 0.444 e. The van der Waals surface area contributed by atoms with Gasteiger partial charge in [0.15, 0.2) is 11.6 Å². The van der Waals surface area contributed by atoms with Gasteiger partial charge in [0.25, 0.3) is 0 Å². The van der Waals surface area contributed by atoms with Gasteiger partial charge in [-0.25, -0.2) is 4.79 Å². The summed E-state index contributed by atoms with van der Waals surface area (Å²) in [6, 6.07) is -0.597. The van der Waals surface area contributed by atoms with Crippen molar-refractivity contribution in [2.45, 2.75) is 102 Å². The third-order valence-corrected chi connectivity index (χ3v) is 4.98. The number of hydrogen-bond donors (Lipinski definition) is 0. The van der Waals surface area contributed by atoms with E-state index in [2.05, 4.69) is 6.58 Å². The van der Waals surface area contributed by atoms with E-state index in [-0.39, 0.29) is 30.4 Å². The van der Waals surface area contributed by atoms with Crippen LogP contribution < -0.4 is 0 Å². The van der Waals surface area contributed by atoms with E-state index in [0.717, 1.165) is 0 Å². The van der Waals surface area contributed by atoms with Crippen LogP contribution >= 0.6 is 0 Å². The average molecular weight is 383 g/mol. The summed E-state index contributed by atoms with van der Waals surface area (Å²) >= 11 is 0. The number of rotatable bonds is 3. The van der Waals surface area contributed by atoms with E-state index in [1.807, 2.05) is 48.5 Å². The van der Waals surface area contributed by atoms with Gasteiger partial charge in [-0.1, -0.05) is 6.08 Å². The molecule has 5 atom stereocenters. The molecule has 7 heteroatoms. The van der Waals surface area contributed by atoms with Crippen LogP contribution in [0.4, 0.5) is 4.79 Å². The molecule has 3 aliphatic heterocycles. The molecule has 0 radical (unpaired) electrons. The molecule has 3 saturated heterocycles. The van der Waals surface area contributed by atoms with Crippen LogP contribution in [0.3, 0.4) is 0 Å². The summed E-state index contributed by atoms with van der Waals surface area (Å²) in [6.07, 6.45) is 1.06. The second-order valence-electron chi connectivity index (χ2n) is 9.40. The van der Waals surface area contributed by atoms with E-state index >= 15 is 0 Å². The van der Waals surface area contributed by atoms with Crippen molar-refractivity contribution in [3.8, 4) is 0 Å². The molecule has 3 aliphatic rings. The van der Waals surface area contributed by atoms with Crippen molar-refractivity contribution in [1.82, 2.24) is 4.90 Å². The lowest BCUT2D eigenvalue weighted by molar-refractivity contribution is -0.180. The summed E-state index contributed by atoms with van der Waals surface area (Å²) in [6.45, 7) is 17.3. The predicted octanol–water partition coefficient (Wildman–Crippen LogP) is 3.22. The highest BCUT2D eigenvalue weighted by Crippen LogP contribution is 2.45. The van der Waals surface area contributed by atoms with E-state index in [4.69, 9.17) is 23.7 Å². The highest BCUT2D eigenvalue weighted by Gasteiger charge is 2.62. The molecule has 0 spiro atoms. The molecule has 0 aromatic rings. The first-order valence-electron chi connectivity index (χ1n) is 9.63. The van der Waals surface area contributed by atoms with Gasteiger partial charge in [-0.15, -0.1) is 6.58 Å². The Morgan fingerprint density at radius 2 is 1.78 bits per heavy atom. The molecule has 0 saturated carbocycles. The van der Waals surface area contributed by atoms with E-state index in [9.17, 15) is 4.79 Å². The summed E-state index contributed by atoms with van der Waals surface area (Å²) in [4.78, 5) is 14.9. The maximum absolute atomic E-state index is 13.1. The Balaban J connectivity index is 1.95. The fourth-order valence-corrected chi connectivity index (χ4v) is 4.18. The second-order valence-corrected chi connectivity index (χ2v) is 9.40. The normalized spacial score (nSPS) is 37.3. The number of hydrogen-bond acceptors (Lipinski definition) is 6. The molecule has 27 heavy (non-hydrogen) atoms. The quantitative estimate of drug-likeness (QED) is 0.697. The zero-order valence-corrected chi connectivity index (χ0v) is 17.5. The Bertz CT molecular complexity index is 596. The zero-order valence-electron chi connectivity index (χ0n) is 17.5. The minimum absolute atomic E-state index is 0.235. The molecular formula is C20H33NO6. The zero-order chi connectivity index (χ0) is 20.2. The lowest BCUT2D eigenvalue weighted by atomic mass is 10.0. The van der Waals surface area contributed by atoms with Crippen LogP contribution in [0.1, 0.15) is 54.9 Å². The number of ether oxygens (including phenoxy) is 5. The van der Waals surface area contributed by atoms with Gasteiger partial charge < -0.3 is 23.7 Å². The van der Waals surface area contributed by atoms with Gasteiger partial charge >= 0.3 is 6.09 Å². The van der Waals surface area contributed by atoms with E-state index < -0.39 is 23.3 Å². The van der Waals surface area contributed by atoms with Crippen LogP contribution in [0.5, 0.6) is 0 Å². The molecule has 3 rings (SSSR count). The lowest BCUT2D eigenvalue weighted by Gasteiger charge is -2.37. The first kappa shape index (κ1) is 20.6. The molecule has 0 N–H and O–H groups in total. The molecule has 1 amide bonds. The number of fused-ring (bicyclic) bond motifs is 1. The Labute approximate surface area is 161 Å². The van der Waals surface area contributed by atoms with Gasteiger partial charge in [-0.2, -0.15) is 0 Å². The van der Waals surface area contributed by atoms with Crippen LogP contribution in [-0.4, -0.2) is 65.2 Å². The topological polar surface area (TPSA) is 66.5 Å². The second kappa shape index (κ2) is 6.72. The average Bonchev–Trinajstić information content (AvgIpc) is 3.07.